The van der Waals surface area contributed by atoms with E-state index in [1.54, 1.807) is 17.0 Å². The molecule has 1 atom stereocenters. The molecule has 2 aromatic carbocycles. The maximum absolute atomic E-state index is 13.9. The smallest absolute Gasteiger partial charge is 0.410 e. The molecule has 3 aliphatic heterocycles. The summed E-state index contributed by atoms with van der Waals surface area (Å²) in [6.45, 7) is 4.19. The number of amides is 2. The average Bonchev–Trinajstić information content (AvgIpc) is 3.77. The highest BCUT2D eigenvalue weighted by atomic mass is 35.5. The van der Waals surface area contributed by atoms with Gasteiger partial charge in [0.15, 0.2) is 11.9 Å². The summed E-state index contributed by atoms with van der Waals surface area (Å²) in [6, 6.07) is 13.2. The molecule has 0 spiro atoms. The first-order valence-electron chi connectivity index (χ1n) is 16.1. The van der Waals surface area contributed by atoms with Gasteiger partial charge in [0.1, 0.15) is 0 Å². The topological polar surface area (TPSA) is 130 Å². The van der Waals surface area contributed by atoms with Crippen molar-refractivity contribution >= 4 is 29.3 Å². The number of nitrogens with zero attached hydrogens (tertiary/aromatic N) is 5. The van der Waals surface area contributed by atoms with Gasteiger partial charge in [0.05, 0.1) is 16.8 Å². The molecular weight excluding hydrogens is 606 g/mol. The van der Waals surface area contributed by atoms with Crippen LogP contribution in [0.4, 0.5) is 10.5 Å². The number of piperidine rings is 2. The third kappa shape index (κ3) is 6.93. The molecule has 11 nitrogen and oxygen atoms in total. The molecule has 3 aromatic rings. The Bertz CT molecular complexity index is 1640. The van der Waals surface area contributed by atoms with Crippen molar-refractivity contribution < 1.29 is 14.3 Å². The van der Waals surface area contributed by atoms with Gasteiger partial charge in [-0.05, 0) is 69.3 Å². The van der Waals surface area contributed by atoms with E-state index in [0.29, 0.717) is 72.7 Å². The van der Waals surface area contributed by atoms with Crippen molar-refractivity contribution in [1.29, 1.82) is 0 Å². The summed E-state index contributed by atoms with van der Waals surface area (Å²) in [4.78, 5) is 48.9. The fourth-order valence-corrected chi connectivity index (χ4v) is 7.11. The van der Waals surface area contributed by atoms with Gasteiger partial charge in [0, 0.05) is 49.8 Å². The summed E-state index contributed by atoms with van der Waals surface area (Å²) in [5.74, 6) is 2.82. The Hall–Kier alpha value is -4.27. The van der Waals surface area contributed by atoms with Crippen molar-refractivity contribution in [3.8, 4) is 23.7 Å². The number of anilines is 1. The standard InChI is InChI=1S/C34H40ClN7O4/c1-2-24-20-23(21-28(35)30(24)36)22-29(32(43)40-16-10-26(11-17-40)39-14-6-7-15-39)46-34(45)41-18-12-27(13-19-41)42-33(44)37-31(38-42)25-8-4-3-5-9-25/h1,3-5,8-9,20-21,26-27,29H,6-7,10-19,22,36H2,(H,37,38,44)/t29-/m1/s1. The minimum absolute atomic E-state index is 0.118. The van der Waals surface area contributed by atoms with E-state index in [9.17, 15) is 14.4 Å². The van der Waals surface area contributed by atoms with Crippen LogP contribution in [-0.2, 0) is 16.0 Å². The summed E-state index contributed by atoms with van der Waals surface area (Å²) < 4.78 is 7.44. The number of rotatable bonds is 7. The second kappa shape index (κ2) is 14.0. The Labute approximate surface area is 273 Å². The van der Waals surface area contributed by atoms with Crippen molar-refractivity contribution in [3.63, 3.8) is 0 Å². The maximum Gasteiger partial charge on any atom is 0.410 e. The molecule has 4 heterocycles. The van der Waals surface area contributed by atoms with E-state index in [-0.39, 0.29) is 24.1 Å². The maximum atomic E-state index is 13.9. The summed E-state index contributed by atoms with van der Waals surface area (Å²) in [7, 11) is 0. The van der Waals surface area contributed by atoms with Crippen LogP contribution in [0, 0.1) is 12.3 Å². The van der Waals surface area contributed by atoms with Crippen LogP contribution in [0.5, 0.6) is 0 Å². The van der Waals surface area contributed by atoms with Gasteiger partial charge in [-0.3, -0.25) is 9.78 Å². The Morgan fingerprint density at radius 3 is 2.33 bits per heavy atom. The molecule has 12 heteroatoms. The normalized spacial score (nSPS) is 18.8. The monoisotopic (exact) mass is 645 g/mol. The number of aromatic amines is 1. The molecule has 3 N–H and O–H groups in total. The van der Waals surface area contributed by atoms with Gasteiger partial charge >= 0.3 is 11.8 Å². The van der Waals surface area contributed by atoms with Gasteiger partial charge < -0.3 is 25.2 Å². The second-order valence-electron chi connectivity index (χ2n) is 12.4. The lowest BCUT2D eigenvalue weighted by Crippen LogP contribution is -2.51. The van der Waals surface area contributed by atoms with Gasteiger partial charge in [-0.15, -0.1) is 11.5 Å². The molecule has 0 bridgehead atoms. The van der Waals surface area contributed by atoms with Crippen molar-refractivity contribution in [2.24, 2.45) is 0 Å². The third-order valence-electron chi connectivity index (χ3n) is 9.47. The van der Waals surface area contributed by atoms with E-state index in [1.165, 1.54) is 17.5 Å². The van der Waals surface area contributed by atoms with Crippen LogP contribution < -0.4 is 11.4 Å². The molecule has 0 aliphatic carbocycles. The Kier molecular flexibility index (Phi) is 9.66. The SMILES string of the molecule is C#Cc1cc(C[C@@H](OC(=O)N2CCC(n3nc(-c4ccccc4)[nH]c3=O)CC2)C(=O)N2CCC(N3CCCC3)CC2)cc(Cl)c1N. The Morgan fingerprint density at radius 1 is 1.00 bits per heavy atom. The molecule has 3 saturated heterocycles. The molecule has 3 fully saturated rings. The predicted molar refractivity (Wildman–Crippen MR) is 176 cm³/mol. The van der Waals surface area contributed by atoms with Crippen molar-refractivity contribution in [1.82, 2.24) is 29.5 Å². The van der Waals surface area contributed by atoms with E-state index in [4.69, 9.17) is 28.5 Å². The minimum Gasteiger partial charge on any atom is -0.436 e. The number of carbonyl (C=O) groups excluding carboxylic acids is 2. The van der Waals surface area contributed by atoms with Gasteiger partial charge in [0.2, 0.25) is 0 Å². The van der Waals surface area contributed by atoms with Crippen LogP contribution in [0.1, 0.15) is 55.7 Å². The summed E-state index contributed by atoms with van der Waals surface area (Å²) in [5, 5.41) is 4.82. The van der Waals surface area contributed by atoms with Gasteiger partial charge in [-0.25, -0.2) is 14.3 Å². The summed E-state index contributed by atoms with van der Waals surface area (Å²) >= 11 is 6.36. The first kappa shape index (κ1) is 31.7. The van der Waals surface area contributed by atoms with Crippen LogP contribution in [0.3, 0.4) is 0 Å². The third-order valence-corrected chi connectivity index (χ3v) is 9.79. The molecule has 2 amide bonds. The predicted octanol–water partition coefficient (Wildman–Crippen LogP) is 3.93. The Morgan fingerprint density at radius 2 is 1.65 bits per heavy atom. The number of aromatic nitrogens is 3. The van der Waals surface area contributed by atoms with Crippen molar-refractivity contribution in [3.05, 3.63) is 69.1 Å². The van der Waals surface area contributed by atoms with Gasteiger partial charge in [0.25, 0.3) is 5.91 Å². The average molecular weight is 646 g/mol. The second-order valence-corrected chi connectivity index (χ2v) is 12.8. The number of halogens is 1. The minimum atomic E-state index is -1.05. The number of nitrogen functional groups attached to an aromatic ring is 1. The number of terminal acetylenes is 1. The molecule has 6 rings (SSSR count). The van der Waals surface area contributed by atoms with Crippen LogP contribution in [0.15, 0.2) is 47.3 Å². The van der Waals surface area contributed by atoms with Crippen LogP contribution in [0.2, 0.25) is 5.02 Å². The van der Waals surface area contributed by atoms with Crippen LogP contribution in [-0.4, -0.2) is 92.9 Å². The van der Waals surface area contributed by atoms with E-state index in [1.807, 2.05) is 35.2 Å². The Balaban J connectivity index is 1.12. The lowest BCUT2D eigenvalue weighted by Gasteiger charge is -2.38. The number of benzene rings is 2. The number of hydrogen-bond donors (Lipinski definition) is 2. The number of nitrogens with one attached hydrogen (secondary N) is 1. The molecule has 46 heavy (non-hydrogen) atoms. The van der Waals surface area contributed by atoms with Gasteiger partial charge in [-0.2, -0.15) is 0 Å². The summed E-state index contributed by atoms with van der Waals surface area (Å²) in [6.07, 6.45) is 9.44. The van der Waals surface area contributed by atoms with Crippen LogP contribution >= 0.6 is 11.6 Å². The highest BCUT2D eigenvalue weighted by Gasteiger charge is 2.35. The number of hydrogen-bond acceptors (Lipinski definition) is 7. The lowest BCUT2D eigenvalue weighted by atomic mass is 10.00. The largest absolute Gasteiger partial charge is 0.436 e. The zero-order valence-electron chi connectivity index (χ0n) is 25.9. The molecular formula is C34H40ClN7O4. The van der Waals surface area contributed by atoms with E-state index >= 15 is 0 Å². The first-order chi connectivity index (χ1) is 22.3. The number of ether oxygens (including phenoxy) is 1. The molecule has 0 radical (unpaired) electrons. The molecule has 0 saturated carbocycles. The van der Waals surface area contributed by atoms with Crippen molar-refractivity contribution in [2.45, 2.75) is 63.1 Å². The number of likely N-dealkylation sites (tertiary alicyclic amines) is 3. The van der Waals surface area contributed by atoms with E-state index < -0.39 is 12.2 Å². The fourth-order valence-electron chi connectivity index (χ4n) is 6.87. The zero-order valence-corrected chi connectivity index (χ0v) is 26.6. The first-order valence-corrected chi connectivity index (χ1v) is 16.5. The zero-order chi connectivity index (χ0) is 32.2. The molecule has 242 valence electrons. The molecule has 0 unspecified atom stereocenters. The lowest BCUT2D eigenvalue weighted by molar-refractivity contribution is -0.142. The number of carbonyl (C=O) groups is 2. The number of H-pyrrole nitrogens is 1. The van der Waals surface area contributed by atoms with E-state index in [2.05, 4.69) is 20.9 Å². The fraction of sp³-hybridized carbons (Fsp3) is 0.471. The quantitative estimate of drug-likeness (QED) is 0.294. The highest BCUT2D eigenvalue weighted by molar-refractivity contribution is 6.33. The molecule has 3 aliphatic rings. The van der Waals surface area contributed by atoms with Crippen molar-refractivity contribution in [2.75, 3.05) is 45.0 Å². The summed E-state index contributed by atoms with van der Waals surface area (Å²) in [5.41, 5.74) is 7.96. The van der Waals surface area contributed by atoms with Gasteiger partial charge in [-0.1, -0.05) is 47.9 Å². The van der Waals surface area contributed by atoms with E-state index in [0.717, 1.165) is 31.5 Å². The molecule has 1 aromatic heterocycles. The highest BCUT2D eigenvalue weighted by Crippen LogP contribution is 2.28. The van der Waals surface area contributed by atoms with Crippen LogP contribution in [0.25, 0.3) is 11.4 Å². The number of nitrogens with two attached hydrogens (primary N) is 1.